The Hall–Kier alpha value is -3.02. The van der Waals surface area contributed by atoms with Crippen LogP contribution in [-0.2, 0) is 14.1 Å². The fourth-order valence-electron chi connectivity index (χ4n) is 3.66. The number of hydrogen-bond donors (Lipinski definition) is 0. The normalized spacial score (nSPS) is 11.5. The first-order valence-corrected chi connectivity index (χ1v) is 8.76. The minimum absolute atomic E-state index is 0.929. The Bertz CT molecular complexity index is 974. The number of aromatic nitrogens is 6. The van der Waals surface area contributed by atoms with Crippen molar-refractivity contribution in [1.82, 2.24) is 28.7 Å². The third-order valence-corrected chi connectivity index (χ3v) is 5.00. The Balaban J connectivity index is 1.83. The zero-order valence-electron chi connectivity index (χ0n) is 16.1. The number of rotatable bonds is 3. The van der Waals surface area contributed by atoms with Crippen molar-refractivity contribution in [3.8, 4) is 23.0 Å². The molecule has 0 saturated heterocycles. The lowest BCUT2D eigenvalue weighted by Gasteiger charge is -2.03. The van der Waals surface area contributed by atoms with Gasteiger partial charge in [-0.2, -0.15) is 10.2 Å². The van der Waals surface area contributed by atoms with E-state index >= 15 is 0 Å². The second-order valence-electron chi connectivity index (χ2n) is 6.93. The number of hydrogen-bond acceptors (Lipinski definition) is 2. The predicted octanol–water partition coefficient (Wildman–Crippen LogP) is 3.64. The van der Waals surface area contributed by atoms with Crippen LogP contribution in [0.4, 0.5) is 0 Å². The van der Waals surface area contributed by atoms with Crippen molar-refractivity contribution in [2.75, 3.05) is 0 Å². The molecule has 0 N–H and O–H groups in total. The van der Waals surface area contributed by atoms with Crippen LogP contribution in [0.5, 0.6) is 0 Å². The zero-order valence-corrected chi connectivity index (χ0v) is 16.1. The first kappa shape index (κ1) is 16.4. The van der Waals surface area contributed by atoms with Crippen LogP contribution in [0.2, 0.25) is 0 Å². The van der Waals surface area contributed by atoms with Crippen LogP contribution in [0, 0.1) is 27.7 Å². The van der Waals surface area contributed by atoms with E-state index in [4.69, 9.17) is 10.2 Å². The summed E-state index contributed by atoms with van der Waals surface area (Å²) in [5.41, 5.74) is 6.79. The molecule has 26 heavy (non-hydrogen) atoms. The third-order valence-electron chi connectivity index (χ3n) is 5.00. The molecule has 4 rings (SSSR count). The fourth-order valence-corrected chi connectivity index (χ4v) is 3.66. The van der Waals surface area contributed by atoms with Crippen molar-refractivity contribution in [3.05, 3.63) is 59.2 Å². The van der Waals surface area contributed by atoms with Gasteiger partial charge in [-0.1, -0.05) is 0 Å². The SMILES string of the molecule is Cc1ccc(C)n1-c1cc(-c2cc(-n3c(C)ccc3C)nn2C)n(C)n1. The number of aryl methyl sites for hydroxylation is 6. The molecule has 0 radical (unpaired) electrons. The highest BCUT2D eigenvalue weighted by molar-refractivity contribution is 5.60. The van der Waals surface area contributed by atoms with Crippen LogP contribution in [-0.4, -0.2) is 28.7 Å². The lowest BCUT2D eigenvalue weighted by atomic mass is 10.3. The van der Waals surface area contributed by atoms with Crippen molar-refractivity contribution in [3.63, 3.8) is 0 Å². The highest BCUT2D eigenvalue weighted by Crippen LogP contribution is 2.26. The molecule has 0 saturated carbocycles. The van der Waals surface area contributed by atoms with Gasteiger partial charge in [0.15, 0.2) is 11.6 Å². The van der Waals surface area contributed by atoms with Crippen molar-refractivity contribution < 1.29 is 0 Å². The van der Waals surface area contributed by atoms with Crippen LogP contribution >= 0.6 is 0 Å². The molecule has 0 aliphatic carbocycles. The highest BCUT2D eigenvalue weighted by Gasteiger charge is 2.17. The lowest BCUT2D eigenvalue weighted by Crippen LogP contribution is -2.02. The average molecular weight is 348 g/mol. The van der Waals surface area contributed by atoms with Crippen LogP contribution in [0.25, 0.3) is 23.0 Å². The molecule has 0 bridgehead atoms. The van der Waals surface area contributed by atoms with Gasteiger partial charge in [-0.05, 0) is 52.0 Å². The van der Waals surface area contributed by atoms with Crippen LogP contribution in [0.3, 0.4) is 0 Å². The Kier molecular flexibility index (Phi) is 3.64. The summed E-state index contributed by atoms with van der Waals surface area (Å²) in [7, 11) is 3.96. The van der Waals surface area contributed by atoms with Gasteiger partial charge in [0.05, 0.1) is 11.4 Å². The van der Waals surface area contributed by atoms with Gasteiger partial charge in [-0.15, -0.1) is 0 Å². The summed E-state index contributed by atoms with van der Waals surface area (Å²) in [6.45, 7) is 8.39. The Morgan fingerprint density at radius 3 is 1.19 bits per heavy atom. The smallest absolute Gasteiger partial charge is 0.159 e. The molecule has 4 heterocycles. The van der Waals surface area contributed by atoms with E-state index in [1.165, 1.54) is 22.8 Å². The van der Waals surface area contributed by atoms with E-state index in [-0.39, 0.29) is 0 Å². The number of nitrogens with zero attached hydrogens (tertiary/aromatic N) is 6. The fraction of sp³-hybridized carbons (Fsp3) is 0.300. The summed E-state index contributed by atoms with van der Waals surface area (Å²) in [6, 6.07) is 12.7. The quantitative estimate of drug-likeness (QED) is 0.567. The maximum Gasteiger partial charge on any atom is 0.159 e. The summed E-state index contributed by atoms with van der Waals surface area (Å²) in [5.74, 6) is 1.86. The lowest BCUT2D eigenvalue weighted by molar-refractivity contribution is 0.721. The monoisotopic (exact) mass is 348 g/mol. The topological polar surface area (TPSA) is 45.5 Å². The van der Waals surface area contributed by atoms with E-state index in [9.17, 15) is 0 Å². The van der Waals surface area contributed by atoms with Gasteiger partial charge in [0.1, 0.15) is 0 Å². The van der Waals surface area contributed by atoms with Crippen LogP contribution in [0.1, 0.15) is 22.8 Å². The molecule has 0 spiro atoms. The summed E-state index contributed by atoms with van der Waals surface area (Å²) in [4.78, 5) is 0. The van der Waals surface area contributed by atoms with Gasteiger partial charge >= 0.3 is 0 Å². The molecule has 0 aromatic carbocycles. The van der Waals surface area contributed by atoms with Gasteiger partial charge in [-0.25, -0.2) is 0 Å². The summed E-state index contributed by atoms with van der Waals surface area (Å²) < 4.78 is 8.18. The average Bonchev–Trinajstić information content (AvgIpc) is 3.30. The molecule has 0 atom stereocenters. The van der Waals surface area contributed by atoms with Crippen molar-refractivity contribution in [2.45, 2.75) is 27.7 Å². The van der Waals surface area contributed by atoms with Crippen LogP contribution in [0.15, 0.2) is 36.4 Å². The summed E-state index contributed by atoms with van der Waals surface area (Å²) in [6.07, 6.45) is 0. The maximum absolute atomic E-state index is 4.73. The molecular formula is C20H24N6. The van der Waals surface area contributed by atoms with E-state index < -0.39 is 0 Å². The first-order valence-electron chi connectivity index (χ1n) is 8.76. The summed E-state index contributed by atoms with van der Waals surface area (Å²) in [5, 5.41) is 9.46. The molecule has 0 unspecified atom stereocenters. The molecule has 0 aliphatic heterocycles. The second kappa shape index (κ2) is 5.76. The van der Waals surface area contributed by atoms with Gasteiger partial charge in [0, 0.05) is 49.0 Å². The van der Waals surface area contributed by atoms with Gasteiger partial charge < -0.3 is 9.13 Å². The molecule has 134 valence electrons. The third kappa shape index (κ3) is 2.41. The Labute approximate surface area is 153 Å². The largest absolute Gasteiger partial charge is 0.302 e. The maximum atomic E-state index is 4.73. The van der Waals surface area contributed by atoms with Crippen LogP contribution < -0.4 is 0 Å². The second-order valence-corrected chi connectivity index (χ2v) is 6.93. The molecule has 4 aromatic heterocycles. The minimum atomic E-state index is 0.929. The van der Waals surface area contributed by atoms with Crippen molar-refractivity contribution in [2.24, 2.45) is 14.1 Å². The van der Waals surface area contributed by atoms with Gasteiger partial charge in [0.25, 0.3) is 0 Å². The van der Waals surface area contributed by atoms with Crippen molar-refractivity contribution in [1.29, 1.82) is 0 Å². The highest BCUT2D eigenvalue weighted by atomic mass is 15.4. The summed E-state index contributed by atoms with van der Waals surface area (Å²) >= 11 is 0. The van der Waals surface area contributed by atoms with Crippen molar-refractivity contribution >= 4 is 0 Å². The molecule has 0 aliphatic rings. The first-order chi connectivity index (χ1) is 12.4. The van der Waals surface area contributed by atoms with E-state index in [2.05, 4.69) is 73.2 Å². The Morgan fingerprint density at radius 1 is 0.577 bits per heavy atom. The minimum Gasteiger partial charge on any atom is -0.302 e. The predicted molar refractivity (Wildman–Crippen MR) is 103 cm³/mol. The Morgan fingerprint density at radius 2 is 0.885 bits per heavy atom. The van der Waals surface area contributed by atoms with Gasteiger partial charge in [-0.3, -0.25) is 9.36 Å². The van der Waals surface area contributed by atoms with E-state index in [0.29, 0.717) is 0 Å². The molecule has 6 nitrogen and oxygen atoms in total. The molecular weight excluding hydrogens is 324 g/mol. The molecule has 4 aromatic rings. The van der Waals surface area contributed by atoms with E-state index in [1.54, 1.807) is 0 Å². The molecule has 6 heteroatoms. The van der Waals surface area contributed by atoms with E-state index in [0.717, 1.165) is 23.0 Å². The molecule has 0 fully saturated rings. The van der Waals surface area contributed by atoms with Gasteiger partial charge in [0.2, 0.25) is 0 Å². The molecule has 0 amide bonds. The van der Waals surface area contributed by atoms with E-state index in [1.807, 2.05) is 23.5 Å². The zero-order chi connectivity index (χ0) is 18.6. The standard InChI is InChI=1S/C20H24N6/c1-13-7-8-14(2)25(13)19-11-17(23(5)21-19)18-12-20(22-24(18)6)26-15(3)9-10-16(26)4/h7-12H,1-6H3.